The number of rotatable bonds is 6. The Labute approximate surface area is 202 Å². The molecule has 2 aromatic rings. The molecule has 0 bridgehead atoms. The van der Waals surface area contributed by atoms with Gasteiger partial charge in [0.25, 0.3) is 0 Å². The van der Waals surface area contributed by atoms with E-state index in [9.17, 15) is 0 Å². The van der Waals surface area contributed by atoms with Crippen LogP contribution in [0.2, 0.25) is 0 Å². The minimum Gasteiger partial charge on any atom is -0.370 e. The molecule has 8 heteroatoms. The summed E-state index contributed by atoms with van der Waals surface area (Å²) in [5.74, 6) is 0.999. The first-order valence-corrected chi connectivity index (χ1v) is 11.2. The first kappa shape index (κ1) is 24.0. The SMILES string of the molecule is CCNC(=NCCCN1CCc2ccccc2C1)N1CCOC(c2cnn(C)c2)C1.I. The fourth-order valence-corrected chi connectivity index (χ4v) is 4.30. The average molecular weight is 538 g/mol. The Kier molecular flexibility index (Phi) is 9.15. The van der Waals surface area contributed by atoms with Crippen molar-refractivity contribution in [2.45, 2.75) is 32.4 Å². The number of nitrogens with one attached hydrogen (secondary N) is 1. The van der Waals surface area contributed by atoms with Crippen molar-refractivity contribution in [2.75, 3.05) is 45.9 Å². The van der Waals surface area contributed by atoms with Gasteiger partial charge in [-0.2, -0.15) is 5.10 Å². The van der Waals surface area contributed by atoms with Crippen LogP contribution in [0.3, 0.4) is 0 Å². The molecule has 0 radical (unpaired) electrons. The third-order valence-electron chi connectivity index (χ3n) is 5.90. The van der Waals surface area contributed by atoms with Crippen LogP contribution in [0.5, 0.6) is 0 Å². The third kappa shape index (κ3) is 6.43. The number of nitrogens with zero attached hydrogens (tertiary/aromatic N) is 5. The normalized spacial score (nSPS) is 19.6. The van der Waals surface area contributed by atoms with Gasteiger partial charge in [0.15, 0.2) is 5.96 Å². The fourth-order valence-electron chi connectivity index (χ4n) is 4.30. The maximum atomic E-state index is 5.99. The van der Waals surface area contributed by atoms with E-state index in [1.54, 1.807) is 0 Å². The summed E-state index contributed by atoms with van der Waals surface area (Å²) in [7, 11) is 1.94. The summed E-state index contributed by atoms with van der Waals surface area (Å²) in [6, 6.07) is 8.83. The summed E-state index contributed by atoms with van der Waals surface area (Å²) in [5.41, 5.74) is 4.12. The zero-order valence-corrected chi connectivity index (χ0v) is 21.0. The summed E-state index contributed by atoms with van der Waals surface area (Å²) >= 11 is 0. The number of ether oxygens (including phenoxy) is 1. The van der Waals surface area contributed by atoms with Gasteiger partial charge < -0.3 is 15.0 Å². The quantitative estimate of drug-likeness (QED) is 0.266. The van der Waals surface area contributed by atoms with E-state index in [4.69, 9.17) is 9.73 Å². The zero-order chi connectivity index (χ0) is 20.8. The molecule has 1 aromatic carbocycles. The summed E-state index contributed by atoms with van der Waals surface area (Å²) in [4.78, 5) is 9.80. The molecule has 1 atom stereocenters. The van der Waals surface area contributed by atoms with Gasteiger partial charge >= 0.3 is 0 Å². The Morgan fingerprint density at radius 2 is 2.10 bits per heavy atom. The summed E-state index contributed by atoms with van der Waals surface area (Å²) in [6.45, 7) is 9.53. The number of aromatic nitrogens is 2. The van der Waals surface area contributed by atoms with Crippen molar-refractivity contribution in [3.05, 3.63) is 53.3 Å². The molecular formula is C23H35IN6O. The summed E-state index contributed by atoms with van der Waals surface area (Å²) < 4.78 is 7.81. The summed E-state index contributed by atoms with van der Waals surface area (Å²) in [5, 5.41) is 7.75. The van der Waals surface area contributed by atoms with Crippen molar-refractivity contribution in [1.29, 1.82) is 0 Å². The second-order valence-electron chi connectivity index (χ2n) is 8.14. The highest BCUT2D eigenvalue weighted by Gasteiger charge is 2.25. The van der Waals surface area contributed by atoms with Crippen molar-refractivity contribution in [2.24, 2.45) is 12.0 Å². The Morgan fingerprint density at radius 3 is 2.87 bits per heavy atom. The number of benzene rings is 1. The van der Waals surface area contributed by atoms with E-state index in [2.05, 4.69) is 51.4 Å². The van der Waals surface area contributed by atoms with Crippen LogP contribution in [0.4, 0.5) is 0 Å². The second-order valence-corrected chi connectivity index (χ2v) is 8.14. The number of halogens is 1. The largest absolute Gasteiger partial charge is 0.370 e. The molecule has 1 N–H and O–H groups in total. The van der Waals surface area contributed by atoms with E-state index in [0.717, 1.165) is 70.2 Å². The molecule has 2 aliphatic rings. The molecule has 1 aromatic heterocycles. The Bertz CT molecular complexity index is 854. The molecule has 0 spiro atoms. The number of guanidine groups is 1. The molecule has 1 unspecified atom stereocenters. The van der Waals surface area contributed by atoms with Gasteiger partial charge in [-0.1, -0.05) is 24.3 Å². The molecule has 1 fully saturated rings. The highest BCUT2D eigenvalue weighted by atomic mass is 127. The fraction of sp³-hybridized carbons (Fsp3) is 0.565. The van der Waals surface area contributed by atoms with E-state index in [0.29, 0.717) is 6.61 Å². The van der Waals surface area contributed by atoms with Gasteiger partial charge in [0.1, 0.15) is 6.10 Å². The topological polar surface area (TPSA) is 57.9 Å². The number of morpholine rings is 1. The summed E-state index contributed by atoms with van der Waals surface area (Å²) in [6.07, 6.45) is 6.22. The van der Waals surface area contributed by atoms with Gasteiger partial charge in [0.05, 0.1) is 19.3 Å². The molecule has 0 amide bonds. The molecule has 0 saturated carbocycles. The van der Waals surface area contributed by atoms with Crippen LogP contribution in [0.15, 0.2) is 41.7 Å². The monoisotopic (exact) mass is 538 g/mol. The van der Waals surface area contributed by atoms with Gasteiger partial charge in [0, 0.05) is 58.1 Å². The first-order valence-electron chi connectivity index (χ1n) is 11.2. The van der Waals surface area contributed by atoms with Crippen molar-refractivity contribution < 1.29 is 4.74 Å². The number of aliphatic imine (C=N–C) groups is 1. The van der Waals surface area contributed by atoms with Crippen LogP contribution in [0.25, 0.3) is 0 Å². The predicted molar refractivity (Wildman–Crippen MR) is 135 cm³/mol. The van der Waals surface area contributed by atoms with Crippen LogP contribution in [0.1, 0.15) is 36.1 Å². The predicted octanol–water partition coefficient (Wildman–Crippen LogP) is 2.83. The van der Waals surface area contributed by atoms with E-state index in [1.165, 1.54) is 11.1 Å². The van der Waals surface area contributed by atoms with Crippen molar-refractivity contribution in [3.8, 4) is 0 Å². The van der Waals surface area contributed by atoms with Crippen LogP contribution < -0.4 is 5.32 Å². The number of hydrogen-bond acceptors (Lipinski definition) is 4. The molecule has 2 aliphatic heterocycles. The van der Waals surface area contributed by atoms with E-state index in [-0.39, 0.29) is 30.1 Å². The number of hydrogen-bond donors (Lipinski definition) is 1. The van der Waals surface area contributed by atoms with Crippen molar-refractivity contribution in [3.63, 3.8) is 0 Å². The van der Waals surface area contributed by atoms with E-state index >= 15 is 0 Å². The van der Waals surface area contributed by atoms with Gasteiger partial charge in [0.2, 0.25) is 0 Å². The zero-order valence-electron chi connectivity index (χ0n) is 18.7. The minimum atomic E-state index is 0. The van der Waals surface area contributed by atoms with Crippen LogP contribution in [-0.4, -0.2) is 71.4 Å². The molecular weight excluding hydrogens is 503 g/mol. The first-order chi connectivity index (χ1) is 14.7. The lowest BCUT2D eigenvalue weighted by molar-refractivity contribution is -0.00804. The van der Waals surface area contributed by atoms with Crippen LogP contribution in [0, 0.1) is 0 Å². The average Bonchev–Trinajstić information content (AvgIpc) is 3.22. The number of aryl methyl sites for hydroxylation is 1. The highest BCUT2D eigenvalue weighted by Crippen LogP contribution is 2.22. The van der Waals surface area contributed by atoms with Crippen molar-refractivity contribution in [1.82, 2.24) is 24.9 Å². The smallest absolute Gasteiger partial charge is 0.194 e. The van der Waals surface area contributed by atoms with Gasteiger partial charge in [-0.15, -0.1) is 24.0 Å². The van der Waals surface area contributed by atoms with Gasteiger partial charge in [-0.3, -0.25) is 14.6 Å². The number of fused-ring (bicyclic) bond motifs is 1. The lowest BCUT2D eigenvalue weighted by Crippen LogP contribution is -2.48. The molecule has 7 nitrogen and oxygen atoms in total. The minimum absolute atomic E-state index is 0. The molecule has 1 saturated heterocycles. The second kappa shape index (κ2) is 11.8. The van der Waals surface area contributed by atoms with Gasteiger partial charge in [-0.05, 0) is 30.9 Å². The van der Waals surface area contributed by atoms with Crippen LogP contribution >= 0.6 is 24.0 Å². The lowest BCUT2D eigenvalue weighted by atomic mass is 10.00. The maximum absolute atomic E-state index is 5.99. The third-order valence-corrected chi connectivity index (χ3v) is 5.90. The van der Waals surface area contributed by atoms with E-state index < -0.39 is 0 Å². The van der Waals surface area contributed by atoms with Gasteiger partial charge in [-0.25, -0.2) is 0 Å². The Balaban J connectivity index is 0.00000272. The van der Waals surface area contributed by atoms with Crippen LogP contribution in [-0.2, 0) is 24.8 Å². The lowest BCUT2D eigenvalue weighted by Gasteiger charge is -2.35. The standard InChI is InChI=1S/C23H34N6O.HI/c1-3-24-23(29-13-14-30-22(18-29)21-15-26-27(2)16-21)25-10-6-11-28-12-9-19-7-4-5-8-20(19)17-28;/h4-5,7-8,15-16,22H,3,6,9-14,17-18H2,1-2H3,(H,24,25);1H. The Hall–Kier alpha value is -1.65. The molecule has 31 heavy (non-hydrogen) atoms. The molecule has 170 valence electrons. The molecule has 0 aliphatic carbocycles. The molecule has 4 rings (SSSR count). The highest BCUT2D eigenvalue weighted by molar-refractivity contribution is 14.0. The molecule has 3 heterocycles. The Morgan fingerprint density at radius 1 is 1.26 bits per heavy atom. The van der Waals surface area contributed by atoms with Crippen molar-refractivity contribution >= 4 is 29.9 Å². The van der Waals surface area contributed by atoms with E-state index in [1.807, 2.05) is 24.1 Å². The maximum Gasteiger partial charge on any atom is 0.194 e.